The van der Waals surface area contributed by atoms with Crippen LogP contribution in [0.3, 0.4) is 0 Å². The fourth-order valence-electron chi connectivity index (χ4n) is 2.86. The Morgan fingerprint density at radius 1 is 0.844 bits per heavy atom. The molecular formula is C24H20N2O5S. The van der Waals surface area contributed by atoms with Crippen LogP contribution in [-0.4, -0.2) is 36.0 Å². The molecule has 32 heavy (non-hydrogen) atoms. The number of ketones is 1. The van der Waals surface area contributed by atoms with E-state index in [1.807, 2.05) is 30.3 Å². The first-order valence-electron chi connectivity index (χ1n) is 9.70. The van der Waals surface area contributed by atoms with Gasteiger partial charge in [0, 0.05) is 17.2 Å². The molecule has 0 amide bonds. The van der Waals surface area contributed by atoms with Crippen LogP contribution in [0.1, 0.15) is 10.4 Å². The van der Waals surface area contributed by atoms with Crippen LogP contribution in [0.2, 0.25) is 0 Å². The number of benzene rings is 3. The third-order valence-corrected chi connectivity index (χ3v) is 5.31. The van der Waals surface area contributed by atoms with Gasteiger partial charge in [-0.3, -0.25) is 4.79 Å². The fourth-order valence-corrected chi connectivity index (χ4v) is 3.52. The average molecular weight is 449 g/mol. The monoisotopic (exact) mass is 448 g/mol. The van der Waals surface area contributed by atoms with Crippen molar-refractivity contribution >= 4 is 17.5 Å². The number of carbonyl (C=O) groups is 1. The number of nitrogens with zero attached hydrogens (tertiary/aromatic N) is 2. The van der Waals surface area contributed by atoms with Gasteiger partial charge in [-0.05, 0) is 48.5 Å². The first kappa shape index (κ1) is 21.5. The van der Waals surface area contributed by atoms with Gasteiger partial charge < -0.3 is 18.6 Å². The molecule has 0 spiro atoms. The van der Waals surface area contributed by atoms with Crippen molar-refractivity contribution < 1.29 is 23.4 Å². The Morgan fingerprint density at radius 2 is 1.50 bits per heavy atom. The zero-order chi connectivity index (χ0) is 22.3. The largest absolute Gasteiger partial charge is 0.497 e. The van der Waals surface area contributed by atoms with Crippen molar-refractivity contribution in [2.45, 2.75) is 5.22 Å². The highest BCUT2D eigenvalue weighted by Crippen LogP contribution is 2.30. The molecule has 4 rings (SSSR count). The van der Waals surface area contributed by atoms with Crippen molar-refractivity contribution in [1.82, 2.24) is 10.2 Å². The van der Waals surface area contributed by atoms with Crippen LogP contribution in [0.4, 0.5) is 0 Å². The second-order valence-corrected chi connectivity index (χ2v) is 7.55. The van der Waals surface area contributed by atoms with Gasteiger partial charge in [-0.15, -0.1) is 10.2 Å². The Hall–Kier alpha value is -3.78. The summed E-state index contributed by atoms with van der Waals surface area (Å²) in [6.07, 6.45) is 0. The minimum absolute atomic E-state index is 0.0518. The lowest BCUT2D eigenvalue weighted by Crippen LogP contribution is -2.02. The lowest BCUT2D eigenvalue weighted by atomic mass is 10.1. The van der Waals surface area contributed by atoms with E-state index in [4.69, 9.17) is 18.6 Å². The third-order valence-electron chi connectivity index (χ3n) is 4.49. The van der Waals surface area contributed by atoms with Gasteiger partial charge in [0.25, 0.3) is 5.22 Å². The molecule has 0 bridgehead atoms. The van der Waals surface area contributed by atoms with Crippen molar-refractivity contribution in [1.29, 1.82) is 0 Å². The summed E-state index contributed by atoms with van der Waals surface area (Å²) in [6, 6.07) is 21.8. The maximum Gasteiger partial charge on any atom is 0.277 e. The van der Waals surface area contributed by atoms with Crippen molar-refractivity contribution in [3.05, 3.63) is 78.4 Å². The van der Waals surface area contributed by atoms with Gasteiger partial charge in [0.2, 0.25) is 5.89 Å². The van der Waals surface area contributed by atoms with E-state index >= 15 is 0 Å². The summed E-state index contributed by atoms with van der Waals surface area (Å²) >= 11 is 1.18. The minimum Gasteiger partial charge on any atom is -0.497 e. The van der Waals surface area contributed by atoms with Crippen molar-refractivity contribution in [3.63, 3.8) is 0 Å². The van der Waals surface area contributed by atoms with Gasteiger partial charge in [-0.2, -0.15) is 0 Å². The maximum atomic E-state index is 12.5. The summed E-state index contributed by atoms with van der Waals surface area (Å²) in [5.41, 5.74) is 1.25. The van der Waals surface area contributed by atoms with E-state index < -0.39 is 0 Å². The van der Waals surface area contributed by atoms with Gasteiger partial charge in [0.05, 0.1) is 20.0 Å². The van der Waals surface area contributed by atoms with Crippen LogP contribution >= 0.6 is 11.8 Å². The molecule has 0 N–H and O–H groups in total. The fraction of sp³-hybridized carbons (Fsp3) is 0.125. The average Bonchev–Trinajstić information content (AvgIpc) is 3.32. The van der Waals surface area contributed by atoms with E-state index in [-0.39, 0.29) is 11.5 Å². The van der Waals surface area contributed by atoms with Gasteiger partial charge >= 0.3 is 0 Å². The molecule has 0 aliphatic carbocycles. The van der Waals surface area contributed by atoms with Gasteiger partial charge in [-0.25, -0.2) is 0 Å². The summed E-state index contributed by atoms with van der Waals surface area (Å²) < 4.78 is 22.0. The topological polar surface area (TPSA) is 83.7 Å². The van der Waals surface area contributed by atoms with Crippen LogP contribution in [0, 0.1) is 0 Å². The Bertz CT molecular complexity index is 1170. The second kappa shape index (κ2) is 10.0. The molecule has 0 fully saturated rings. The Labute approximate surface area is 189 Å². The standard InChI is InChI=1S/C24H20N2O5S/c1-28-20-12-17(13-21(14-20)29-2)23-25-26-24(31-23)32-15-22(27)16-8-10-19(11-9-16)30-18-6-4-3-5-7-18/h3-14H,15H2,1-2H3. The van der Waals surface area contributed by atoms with Crippen molar-refractivity contribution in [2.75, 3.05) is 20.0 Å². The normalized spacial score (nSPS) is 10.6. The first-order chi connectivity index (χ1) is 15.6. The molecule has 0 radical (unpaired) electrons. The molecule has 1 aromatic heterocycles. The van der Waals surface area contributed by atoms with Crippen LogP contribution in [0.25, 0.3) is 11.5 Å². The molecule has 0 aliphatic heterocycles. The molecule has 0 saturated carbocycles. The molecule has 0 atom stereocenters. The van der Waals surface area contributed by atoms with Gasteiger partial charge in [-0.1, -0.05) is 30.0 Å². The Kier molecular flexibility index (Phi) is 6.72. The van der Waals surface area contributed by atoms with E-state index in [2.05, 4.69) is 10.2 Å². The van der Waals surface area contributed by atoms with Crippen LogP contribution in [0.5, 0.6) is 23.0 Å². The molecule has 1 heterocycles. The van der Waals surface area contributed by atoms with Gasteiger partial charge in [0.15, 0.2) is 5.78 Å². The van der Waals surface area contributed by atoms with E-state index in [1.54, 1.807) is 56.7 Å². The van der Waals surface area contributed by atoms with Crippen molar-refractivity contribution in [3.8, 4) is 34.5 Å². The highest BCUT2D eigenvalue weighted by molar-refractivity contribution is 7.99. The third kappa shape index (κ3) is 5.28. The number of thioether (sulfide) groups is 1. The van der Waals surface area contributed by atoms with Crippen LogP contribution < -0.4 is 14.2 Å². The molecule has 0 aliphatic rings. The molecule has 0 unspecified atom stereocenters. The van der Waals surface area contributed by atoms with E-state index in [0.717, 1.165) is 5.75 Å². The number of ether oxygens (including phenoxy) is 3. The molecule has 0 saturated heterocycles. The maximum absolute atomic E-state index is 12.5. The number of hydrogen-bond donors (Lipinski definition) is 0. The van der Waals surface area contributed by atoms with E-state index in [9.17, 15) is 4.79 Å². The summed E-state index contributed by atoms with van der Waals surface area (Å²) in [6.45, 7) is 0. The Balaban J connectivity index is 1.37. The Morgan fingerprint density at radius 3 is 2.16 bits per heavy atom. The van der Waals surface area contributed by atoms with Crippen LogP contribution in [-0.2, 0) is 0 Å². The molecule has 162 valence electrons. The SMILES string of the molecule is COc1cc(OC)cc(-c2nnc(SCC(=O)c3ccc(Oc4ccccc4)cc3)o2)c1. The van der Waals surface area contributed by atoms with E-state index in [1.165, 1.54) is 11.8 Å². The minimum atomic E-state index is -0.0518. The predicted molar refractivity (Wildman–Crippen MR) is 121 cm³/mol. The smallest absolute Gasteiger partial charge is 0.277 e. The molecule has 3 aromatic carbocycles. The highest BCUT2D eigenvalue weighted by Gasteiger charge is 2.14. The number of carbonyl (C=O) groups excluding carboxylic acids is 1. The summed E-state index contributed by atoms with van der Waals surface area (Å²) in [5, 5.41) is 8.39. The zero-order valence-electron chi connectivity index (χ0n) is 17.5. The second-order valence-electron chi connectivity index (χ2n) is 6.63. The number of hydrogen-bond acceptors (Lipinski definition) is 8. The lowest BCUT2D eigenvalue weighted by Gasteiger charge is -2.06. The number of aromatic nitrogens is 2. The predicted octanol–water partition coefficient (Wildman–Crippen LogP) is 5.52. The number of para-hydroxylation sites is 1. The van der Waals surface area contributed by atoms with Crippen LogP contribution in [0.15, 0.2) is 82.4 Å². The first-order valence-corrected chi connectivity index (χ1v) is 10.7. The molecule has 8 heteroatoms. The number of Topliss-reactive ketones (excluding diaryl/α,β-unsaturated/α-hetero) is 1. The molecular weight excluding hydrogens is 428 g/mol. The summed E-state index contributed by atoms with van der Waals surface area (Å²) in [5.74, 6) is 3.06. The van der Waals surface area contributed by atoms with Crippen molar-refractivity contribution in [2.24, 2.45) is 0 Å². The molecule has 4 aromatic rings. The quantitative estimate of drug-likeness (QED) is 0.244. The summed E-state index contributed by atoms with van der Waals surface area (Å²) in [7, 11) is 3.14. The highest BCUT2D eigenvalue weighted by atomic mass is 32.2. The van der Waals surface area contributed by atoms with E-state index in [0.29, 0.717) is 39.5 Å². The molecule has 7 nitrogen and oxygen atoms in total. The lowest BCUT2D eigenvalue weighted by molar-refractivity contribution is 0.102. The van der Waals surface area contributed by atoms with Gasteiger partial charge in [0.1, 0.15) is 23.0 Å². The zero-order valence-corrected chi connectivity index (χ0v) is 18.3. The summed E-state index contributed by atoms with van der Waals surface area (Å²) in [4.78, 5) is 12.5. The number of rotatable bonds is 9. The number of methoxy groups -OCH3 is 2.